The SMILES string of the molecule is COc1ccc(Nc2nccc(Nc3cnc4cc(F)c(F)cc4c3)n2)cc1OC. The number of hydrogen-bond acceptors (Lipinski definition) is 7. The average molecular weight is 409 g/mol. The van der Waals surface area contributed by atoms with Crippen molar-refractivity contribution in [3.8, 4) is 11.5 Å². The Morgan fingerprint density at radius 2 is 1.60 bits per heavy atom. The van der Waals surface area contributed by atoms with Crippen LogP contribution in [-0.2, 0) is 0 Å². The van der Waals surface area contributed by atoms with E-state index in [1.165, 1.54) is 6.20 Å². The Labute approximate surface area is 170 Å². The lowest BCUT2D eigenvalue weighted by Crippen LogP contribution is -2.01. The number of fused-ring (bicyclic) bond motifs is 1. The minimum absolute atomic E-state index is 0.356. The Balaban J connectivity index is 1.55. The molecule has 0 bridgehead atoms. The third-order valence-corrected chi connectivity index (χ3v) is 4.29. The fourth-order valence-electron chi connectivity index (χ4n) is 2.87. The van der Waals surface area contributed by atoms with E-state index in [9.17, 15) is 8.78 Å². The van der Waals surface area contributed by atoms with Crippen LogP contribution in [0.25, 0.3) is 10.9 Å². The van der Waals surface area contributed by atoms with Crippen molar-refractivity contribution in [1.29, 1.82) is 0 Å². The quantitative estimate of drug-likeness (QED) is 0.473. The monoisotopic (exact) mass is 409 g/mol. The van der Waals surface area contributed by atoms with Crippen LogP contribution < -0.4 is 20.1 Å². The highest BCUT2D eigenvalue weighted by Crippen LogP contribution is 2.30. The number of nitrogens with zero attached hydrogens (tertiary/aromatic N) is 3. The van der Waals surface area contributed by atoms with Gasteiger partial charge in [0.1, 0.15) is 5.82 Å². The number of hydrogen-bond donors (Lipinski definition) is 2. The summed E-state index contributed by atoms with van der Waals surface area (Å²) in [5, 5.41) is 6.65. The first-order valence-electron chi connectivity index (χ1n) is 8.89. The lowest BCUT2D eigenvalue weighted by atomic mass is 10.2. The minimum Gasteiger partial charge on any atom is -0.493 e. The molecule has 9 heteroatoms. The zero-order valence-electron chi connectivity index (χ0n) is 16.1. The second kappa shape index (κ2) is 8.16. The van der Waals surface area contributed by atoms with Crippen LogP contribution >= 0.6 is 0 Å². The molecule has 2 heterocycles. The van der Waals surface area contributed by atoms with Gasteiger partial charge >= 0.3 is 0 Å². The van der Waals surface area contributed by atoms with E-state index >= 15 is 0 Å². The zero-order valence-corrected chi connectivity index (χ0v) is 16.1. The molecule has 152 valence electrons. The maximum Gasteiger partial charge on any atom is 0.229 e. The molecule has 0 atom stereocenters. The third kappa shape index (κ3) is 4.04. The molecular formula is C21H17F2N5O2. The number of nitrogens with one attached hydrogen (secondary N) is 2. The second-order valence-electron chi connectivity index (χ2n) is 6.27. The molecular weight excluding hydrogens is 392 g/mol. The van der Waals surface area contributed by atoms with E-state index in [0.29, 0.717) is 39.9 Å². The molecule has 0 fully saturated rings. The van der Waals surface area contributed by atoms with E-state index in [0.717, 1.165) is 17.8 Å². The van der Waals surface area contributed by atoms with Crippen LogP contribution in [0.3, 0.4) is 0 Å². The molecule has 0 radical (unpaired) electrons. The molecule has 0 spiro atoms. The number of pyridine rings is 1. The summed E-state index contributed by atoms with van der Waals surface area (Å²) in [7, 11) is 3.12. The summed E-state index contributed by atoms with van der Waals surface area (Å²) in [5.41, 5.74) is 1.65. The molecule has 2 aromatic carbocycles. The molecule has 0 saturated carbocycles. The smallest absolute Gasteiger partial charge is 0.229 e. The Bertz CT molecular complexity index is 1220. The number of halogens is 2. The van der Waals surface area contributed by atoms with Crippen molar-refractivity contribution >= 4 is 34.0 Å². The lowest BCUT2D eigenvalue weighted by Gasteiger charge is -2.11. The van der Waals surface area contributed by atoms with Gasteiger partial charge in [-0.25, -0.2) is 13.8 Å². The number of anilines is 4. The number of aromatic nitrogens is 3. The van der Waals surface area contributed by atoms with Gasteiger partial charge in [-0.3, -0.25) is 4.98 Å². The van der Waals surface area contributed by atoms with E-state index in [4.69, 9.17) is 9.47 Å². The van der Waals surface area contributed by atoms with Crippen molar-refractivity contribution < 1.29 is 18.3 Å². The number of ether oxygens (including phenoxy) is 2. The van der Waals surface area contributed by atoms with Crippen molar-refractivity contribution in [2.75, 3.05) is 24.9 Å². The summed E-state index contributed by atoms with van der Waals surface area (Å²) in [6, 6.07) is 10.8. The summed E-state index contributed by atoms with van der Waals surface area (Å²) in [5.74, 6) is 0.176. The first-order chi connectivity index (χ1) is 14.6. The lowest BCUT2D eigenvalue weighted by molar-refractivity contribution is 0.355. The normalized spacial score (nSPS) is 10.7. The van der Waals surface area contributed by atoms with Gasteiger partial charge in [0.05, 0.1) is 31.6 Å². The molecule has 0 aliphatic rings. The van der Waals surface area contributed by atoms with Crippen LogP contribution in [0.5, 0.6) is 11.5 Å². The third-order valence-electron chi connectivity index (χ3n) is 4.29. The molecule has 2 N–H and O–H groups in total. The van der Waals surface area contributed by atoms with Gasteiger partial charge in [-0.15, -0.1) is 0 Å². The molecule has 0 amide bonds. The zero-order chi connectivity index (χ0) is 21.1. The van der Waals surface area contributed by atoms with Gasteiger partial charge in [0.2, 0.25) is 5.95 Å². The summed E-state index contributed by atoms with van der Waals surface area (Å²) in [6.45, 7) is 0. The van der Waals surface area contributed by atoms with Crippen LogP contribution in [0.4, 0.5) is 31.9 Å². The van der Waals surface area contributed by atoms with Crippen LogP contribution in [-0.4, -0.2) is 29.2 Å². The first kappa shape index (κ1) is 19.3. The van der Waals surface area contributed by atoms with Crippen molar-refractivity contribution in [3.63, 3.8) is 0 Å². The molecule has 30 heavy (non-hydrogen) atoms. The molecule has 0 unspecified atom stereocenters. The largest absolute Gasteiger partial charge is 0.493 e. The van der Waals surface area contributed by atoms with Crippen molar-refractivity contribution in [3.05, 3.63) is 66.5 Å². The molecule has 4 rings (SSSR count). The van der Waals surface area contributed by atoms with Crippen LogP contribution in [0.1, 0.15) is 0 Å². The average Bonchev–Trinajstić information content (AvgIpc) is 2.75. The molecule has 7 nitrogen and oxygen atoms in total. The Morgan fingerprint density at radius 1 is 0.800 bits per heavy atom. The van der Waals surface area contributed by atoms with Gasteiger partial charge in [0.15, 0.2) is 23.1 Å². The Morgan fingerprint density at radius 3 is 2.40 bits per heavy atom. The highest BCUT2D eigenvalue weighted by Gasteiger charge is 2.08. The van der Waals surface area contributed by atoms with Crippen molar-refractivity contribution in [1.82, 2.24) is 15.0 Å². The maximum atomic E-state index is 13.5. The van der Waals surface area contributed by atoms with Crippen molar-refractivity contribution in [2.24, 2.45) is 0 Å². The Kier molecular flexibility index (Phi) is 5.25. The van der Waals surface area contributed by atoms with Gasteiger partial charge in [-0.05, 0) is 30.3 Å². The molecule has 0 saturated heterocycles. The van der Waals surface area contributed by atoms with Crippen LogP contribution in [0, 0.1) is 11.6 Å². The van der Waals surface area contributed by atoms with E-state index in [1.54, 1.807) is 44.7 Å². The molecule has 0 aliphatic carbocycles. The predicted molar refractivity (Wildman–Crippen MR) is 110 cm³/mol. The second-order valence-corrected chi connectivity index (χ2v) is 6.27. The van der Waals surface area contributed by atoms with Gasteiger partial charge in [0, 0.05) is 29.4 Å². The maximum absolute atomic E-state index is 13.5. The van der Waals surface area contributed by atoms with Crippen LogP contribution in [0.2, 0.25) is 0 Å². The van der Waals surface area contributed by atoms with Crippen LogP contribution in [0.15, 0.2) is 54.9 Å². The molecule has 2 aromatic heterocycles. The Hall–Kier alpha value is -4.01. The standard InChI is InChI=1S/C21H17F2N5O2/c1-29-18-4-3-13(9-19(18)30-2)27-21-24-6-5-20(28-21)26-14-7-12-8-15(22)16(23)10-17(12)25-11-14/h3-11H,1-2H3,(H2,24,26,27,28). The summed E-state index contributed by atoms with van der Waals surface area (Å²) >= 11 is 0. The minimum atomic E-state index is -0.933. The fraction of sp³-hybridized carbons (Fsp3) is 0.0952. The van der Waals surface area contributed by atoms with Crippen molar-refractivity contribution in [2.45, 2.75) is 0 Å². The van der Waals surface area contributed by atoms with Gasteiger partial charge < -0.3 is 20.1 Å². The first-order valence-corrected chi connectivity index (χ1v) is 8.89. The summed E-state index contributed by atoms with van der Waals surface area (Å²) < 4.78 is 37.4. The van der Waals surface area contributed by atoms with E-state index in [1.807, 2.05) is 6.07 Å². The predicted octanol–water partition coefficient (Wildman–Crippen LogP) is 4.81. The number of methoxy groups -OCH3 is 2. The molecule has 4 aromatic rings. The fourth-order valence-corrected chi connectivity index (χ4v) is 2.87. The van der Waals surface area contributed by atoms with E-state index in [2.05, 4.69) is 25.6 Å². The van der Waals surface area contributed by atoms with Gasteiger partial charge in [-0.1, -0.05) is 0 Å². The topological polar surface area (TPSA) is 81.2 Å². The van der Waals surface area contributed by atoms with Gasteiger partial charge in [0.25, 0.3) is 0 Å². The van der Waals surface area contributed by atoms with E-state index in [-0.39, 0.29) is 0 Å². The number of benzene rings is 2. The van der Waals surface area contributed by atoms with E-state index < -0.39 is 11.6 Å². The highest BCUT2D eigenvalue weighted by molar-refractivity contribution is 5.82. The van der Waals surface area contributed by atoms with Gasteiger partial charge in [-0.2, -0.15) is 4.98 Å². The molecule has 0 aliphatic heterocycles. The number of rotatable bonds is 6. The summed E-state index contributed by atoms with van der Waals surface area (Å²) in [6.07, 6.45) is 3.10. The summed E-state index contributed by atoms with van der Waals surface area (Å²) in [4.78, 5) is 12.8. The highest BCUT2D eigenvalue weighted by atomic mass is 19.2.